The number of thioether (sulfide) groups is 1. The van der Waals surface area contributed by atoms with Crippen molar-refractivity contribution in [3.05, 3.63) is 89.0 Å². The number of nitrogens with one attached hydrogen (secondary N) is 1. The number of esters is 1. The maximum absolute atomic E-state index is 14.1. The number of carbonyl (C=O) groups excluding carboxylic acids is 2. The summed E-state index contributed by atoms with van der Waals surface area (Å²) in [6.45, 7) is 6.48. The van der Waals surface area contributed by atoms with Crippen LogP contribution in [0.15, 0.2) is 71.6 Å². The highest BCUT2D eigenvalue weighted by Gasteiger charge is 2.28. The standard InChI is InChI=1S/C37H48N2O5S2/c1-5-44-37(41)35(21-23-45-4)38-36(40)33-19-18-30(25-34(33)32-17-10-9-13-28(32)3)26-39(22-20-29-14-7-6-8-15-29)46(42,43)31-16-11-12-27(2)24-31/h9-13,16-19,24-25,29,35H,5-8,14-15,20-23,26H2,1-4H3,(H,38,40)/t35-/m1/s1. The van der Waals surface area contributed by atoms with Crippen LogP contribution in [0.25, 0.3) is 11.1 Å². The number of sulfonamides is 1. The lowest BCUT2D eigenvalue weighted by atomic mass is 9.87. The third-order valence-electron chi connectivity index (χ3n) is 8.75. The fourth-order valence-electron chi connectivity index (χ4n) is 6.16. The van der Waals surface area contributed by atoms with E-state index < -0.39 is 22.0 Å². The second-order valence-corrected chi connectivity index (χ2v) is 15.1. The maximum atomic E-state index is 14.1. The monoisotopic (exact) mass is 664 g/mol. The van der Waals surface area contributed by atoms with E-state index in [9.17, 15) is 18.0 Å². The number of aryl methyl sites for hydroxylation is 2. The fourth-order valence-corrected chi connectivity index (χ4v) is 8.18. The molecule has 3 aromatic carbocycles. The van der Waals surface area contributed by atoms with Gasteiger partial charge in [0, 0.05) is 18.7 Å². The third kappa shape index (κ3) is 9.46. The average molecular weight is 665 g/mol. The van der Waals surface area contributed by atoms with Gasteiger partial charge in [-0.2, -0.15) is 16.1 Å². The molecule has 0 aromatic heterocycles. The predicted molar refractivity (Wildman–Crippen MR) is 187 cm³/mol. The molecule has 1 saturated carbocycles. The summed E-state index contributed by atoms with van der Waals surface area (Å²) in [6.07, 6.45) is 9.17. The second-order valence-electron chi connectivity index (χ2n) is 12.2. The summed E-state index contributed by atoms with van der Waals surface area (Å²) in [5.41, 5.74) is 4.66. The lowest BCUT2D eigenvalue weighted by molar-refractivity contribution is -0.145. The first kappa shape index (κ1) is 35.7. The van der Waals surface area contributed by atoms with Gasteiger partial charge in [0.2, 0.25) is 10.0 Å². The highest BCUT2D eigenvalue weighted by molar-refractivity contribution is 7.98. The average Bonchev–Trinajstić information content (AvgIpc) is 3.05. The molecule has 0 aliphatic heterocycles. The van der Waals surface area contributed by atoms with Crippen molar-refractivity contribution in [2.24, 2.45) is 5.92 Å². The molecule has 1 N–H and O–H groups in total. The number of rotatable bonds is 15. The Morgan fingerprint density at radius 2 is 1.74 bits per heavy atom. The molecule has 4 rings (SSSR count). The zero-order valence-electron chi connectivity index (χ0n) is 27.6. The molecule has 0 bridgehead atoms. The van der Waals surface area contributed by atoms with Gasteiger partial charge in [0.1, 0.15) is 6.04 Å². The van der Waals surface area contributed by atoms with Crippen LogP contribution in [0.1, 0.15) is 78.9 Å². The van der Waals surface area contributed by atoms with Gasteiger partial charge in [-0.05, 0) is 104 Å². The molecule has 0 spiro atoms. The van der Waals surface area contributed by atoms with Crippen molar-refractivity contribution in [1.29, 1.82) is 0 Å². The normalized spacial score (nSPS) is 14.6. The molecule has 3 aromatic rings. The summed E-state index contributed by atoms with van der Waals surface area (Å²) in [7, 11) is -3.77. The number of nitrogens with zero attached hydrogens (tertiary/aromatic N) is 1. The summed E-state index contributed by atoms with van der Waals surface area (Å²) in [4.78, 5) is 26.8. The van der Waals surface area contributed by atoms with E-state index in [4.69, 9.17) is 4.74 Å². The van der Waals surface area contributed by atoms with Crippen molar-refractivity contribution in [2.75, 3.05) is 25.2 Å². The predicted octanol–water partition coefficient (Wildman–Crippen LogP) is 7.55. The van der Waals surface area contributed by atoms with Gasteiger partial charge in [-0.1, -0.05) is 74.6 Å². The van der Waals surface area contributed by atoms with Gasteiger partial charge in [-0.15, -0.1) is 0 Å². The van der Waals surface area contributed by atoms with Gasteiger partial charge in [0.25, 0.3) is 5.91 Å². The number of benzene rings is 3. The minimum absolute atomic E-state index is 0.183. The van der Waals surface area contributed by atoms with E-state index in [1.165, 1.54) is 19.3 Å². The summed E-state index contributed by atoms with van der Waals surface area (Å²) < 4.78 is 35.0. The third-order valence-corrected chi connectivity index (χ3v) is 11.2. The van der Waals surface area contributed by atoms with Gasteiger partial charge in [0.05, 0.1) is 11.5 Å². The molecule has 248 valence electrons. The number of hydrogen-bond acceptors (Lipinski definition) is 6. The number of amides is 1. The molecule has 1 fully saturated rings. The Bertz CT molecular complexity index is 1580. The summed E-state index contributed by atoms with van der Waals surface area (Å²) >= 11 is 1.60. The molecule has 0 radical (unpaired) electrons. The SMILES string of the molecule is CCOC(=O)[C@@H](CCSC)NC(=O)c1ccc(CN(CCC2CCCCC2)S(=O)(=O)c2cccc(C)c2)cc1-c1ccccc1C. The molecule has 1 atom stereocenters. The van der Waals surface area contributed by atoms with E-state index in [-0.39, 0.29) is 19.1 Å². The molecule has 0 unspecified atom stereocenters. The molecule has 9 heteroatoms. The number of ether oxygens (including phenoxy) is 1. The maximum Gasteiger partial charge on any atom is 0.328 e. The van der Waals surface area contributed by atoms with Crippen LogP contribution in [0.3, 0.4) is 0 Å². The minimum Gasteiger partial charge on any atom is -0.464 e. The van der Waals surface area contributed by atoms with Crippen molar-refractivity contribution in [3.63, 3.8) is 0 Å². The van der Waals surface area contributed by atoms with Crippen molar-refractivity contribution < 1.29 is 22.7 Å². The van der Waals surface area contributed by atoms with E-state index in [0.29, 0.717) is 40.7 Å². The summed E-state index contributed by atoms with van der Waals surface area (Å²) in [5, 5.41) is 2.92. The van der Waals surface area contributed by atoms with Crippen LogP contribution in [0, 0.1) is 19.8 Å². The lowest BCUT2D eigenvalue weighted by Crippen LogP contribution is -2.42. The van der Waals surface area contributed by atoms with Crippen molar-refractivity contribution in [3.8, 4) is 11.1 Å². The van der Waals surface area contributed by atoms with Gasteiger partial charge in [0.15, 0.2) is 0 Å². The minimum atomic E-state index is -3.77. The zero-order chi connectivity index (χ0) is 33.1. The van der Waals surface area contributed by atoms with Crippen LogP contribution in [0.4, 0.5) is 0 Å². The quantitative estimate of drug-likeness (QED) is 0.169. The van der Waals surface area contributed by atoms with E-state index in [0.717, 1.165) is 41.5 Å². The van der Waals surface area contributed by atoms with E-state index >= 15 is 0 Å². The molecular formula is C37H48N2O5S2. The van der Waals surface area contributed by atoms with E-state index in [1.807, 2.05) is 62.6 Å². The van der Waals surface area contributed by atoms with Crippen molar-refractivity contribution in [2.45, 2.75) is 83.2 Å². The first-order valence-corrected chi connectivity index (χ1v) is 19.2. The first-order chi connectivity index (χ1) is 22.1. The van der Waals surface area contributed by atoms with E-state index in [1.54, 1.807) is 47.3 Å². The Morgan fingerprint density at radius 3 is 2.43 bits per heavy atom. The molecule has 1 amide bonds. The first-order valence-electron chi connectivity index (χ1n) is 16.4. The molecular weight excluding hydrogens is 617 g/mol. The second kappa shape index (κ2) is 17.1. The van der Waals surface area contributed by atoms with Crippen LogP contribution in [0.2, 0.25) is 0 Å². The Kier molecular flexibility index (Phi) is 13.3. The Hall–Kier alpha value is -3.14. The number of carbonyl (C=O) groups is 2. The molecule has 46 heavy (non-hydrogen) atoms. The van der Waals surface area contributed by atoms with Gasteiger partial charge in [-0.25, -0.2) is 13.2 Å². The fraction of sp³-hybridized carbons (Fsp3) is 0.459. The topological polar surface area (TPSA) is 92.8 Å². The van der Waals surface area contributed by atoms with Crippen molar-refractivity contribution in [1.82, 2.24) is 9.62 Å². The Morgan fingerprint density at radius 1 is 0.978 bits per heavy atom. The van der Waals surface area contributed by atoms with Crippen LogP contribution in [-0.4, -0.2) is 55.8 Å². The molecule has 7 nitrogen and oxygen atoms in total. The van der Waals surface area contributed by atoms with Gasteiger partial charge < -0.3 is 10.1 Å². The highest BCUT2D eigenvalue weighted by Crippen LogP contribution is 2.31. The largest absolute Gasteiger partial charge is 0.464 e. The van der Waals surface area contributed by atoms with Crippen LogP contribution >= 0.6 is 11.8 Å². The Labute approximate surface area is 279 Å². The van der Waals surface area contributed by atoms with Crippen LogP contribution in [-0.2, 0) is 26.1 Å². The highest BCUT2D eigenvalue weighted by atomic mass is 32.2. The molecule has 1 aliphatic carbocycles. The van der Waals surface area contributed by atoms with E-state index in [2.05, 4.69) is 5.32 Å². The lowest BCUT2D eigenvalue weighted by Gasteiger charge is -2.27. The summed E-state index contributed by atoms with van der Waals surface area (Å²) in [5.74, 6) is 0.398. The van der Waals surface area contributed by atoms with Crippen LogP contribution in [0.5, 0.6) is 0 Å². The molecule has 0 heterocycles. The zero-order valence-corrected chi connectivity index (χ0v) is 29.2. The van der Waals surface area contributed by atoms with Gasteiger partial charge >= 0.3 is 5.97 Å². The van der Waals surface area contributed by atoms with Crippen LogP contribution < -0.4 is 5.32 Å². The Balaban J connectivity index is 1.70. The molecule has 0 saturated heterocycles. The van der Waals surface area contributed by atoms with Crippen molar-refractivity contribution >= 4 is 33.7 Å². The number of hydrogen-bond donors (Lipinski definition) is 1. The summed E-state index contributed by atoms with van der Waals surface area (Å²) in [6, 6.07) is 19.7. The molecule has 1 aliphatic rings. The van der Waals surface area contributed by atoms with Gasteiger partial charge in [-0.3, -0.25) is 4.79 Å². The smallest absolute Gasteiger partial charge is 0.328 e.